The quantitative estimate of drug-likeness (QED) is 0.0559. The van der Waals surface area contributed by atoms with Gasteiger partial charge in [-0.05, 0) is 0 Å². The molecular weight excluding hydrogens is 881 g/mol. The SMILES string of the molecule is O=S(=O)(O)OC[C@H]1O[C@@](COS(=O)(=O)O)(O[C@H]2O[C@H](COS(=O)(=O)O)[C@@H](OS(=O)(=O)O)[C@H](OS(=O)(=O)O)[C@H]2O)[C@@H](OS(=O)(=O)O)[C@@H]1OS(=O)(=O)O. The molecule has 0 unspecified atom stereocenters. The summed E-state index contributed by atoms with van der Waals surface area (Å²) in [4.78, 5) is 0. The van der Waals surface area contributed by atoms with Gasteiger partial charge in [0.1, 0.15) is 43.2 Å². The van der Waals surface area contributed by atoms with Crippen LogP contribution in [0.3, 0.4) is 0 Å². The zero-order chi connectivity index (χ0) is 39.8. The smallest absolute Gasteiger partial charge is 0.385 e. The van der Waals surface area contributed by atoms with Gasteiger partial charge in [0.2, 0.25) is 5.79 Å². The summed E-state index contributed by atoms with van der Waals surface area (Å²) in [5, 5.41) is 10.9. The predicted molar refractivity (Wildman–Crippen MR) is 142 cm³/mol. The zero-order valence-electron chi connectivity index (χ0n) is 23.5. The fourth-order valence-electron chi connectivity index (χ4n) is 4.01. The second-order valence-corrected chi connectivity index (χ2v) is 16.6. The van der Waals surface area contributed by atoms with E-state index >= 15 is 0 Å². The van der Waals surface area contributed by atoms with Crippen molar-refractivity contribution in [2.24, 2.45) is 0 Å². The maximum Gasteiger partial charge on any atom is 0.397 e. The van der Waals surface area contributed by atoms with E-state index in [2.05, 4.69) is 29.3 Å². The molecule has 0 spiro atoms. The van der Waals surface area contributed by atoms with Gasteiger partial charge in [0.25, 0.3) is 0 Å². The van der Waals surface area contributed by atoms with Crippen molar-refractivity contribution in [2.45, 2.75) is 54.8 Å². The molecule has 32 nitrogen and oxygen atoms in total. The van der Waals surface area contributed by atoms with Crippen LogP contribution in [0.15, 0.2) is 0 Å². The normalized spacial score (nSPS) is 31.8. The molecular formula is C12H22O32S7. The Balaban J connectivity index is 2.89. The number of ether oxygens (including phenoxy) is 3. The lowest BCUT2D eigenvalue weighted by Gasteiger charge is -2.45. The van der Waals surface area contributed by atoms with E-state index in [1.165, 1.54) is 0 Å². The lowest BCUT2D eigenvalue weighted by Crippen LogP contribution is -2.65. The van der Waals surface area contributed by atoms with Crippen molar-refractivity contribution in [3.05, 3.63) is 0 Å². The third kappa shape index (κ3) is 16.1. The maximum atomic E-state index is 11.8. The molecule has 9 atom stereocenters. The van der Waals surface area contributed by atoms with Gasteiger partial charge in [-0.1, -0.05) is 0 Å². The van der Waals surface area contributed by atoms with Gasteiger partial charge in [-0.15, -0.1) is 0 Å². The van der Waals surface area contributed by atoms with Crippen molar-refractivity contribution in [3.63, 3.8) is 0 Å². The van der Waals surface area contributed by atoms with Crippen LogP contribution in [0.5, 0.6) is 0 Å². The summed E-state index contributed by atoms with van der Waals surface area (Å²) in [7, 11) is -40.9. The van der Waals surface area contributed by atoms with Crippen LogP contribution in [0.2, 0.25) is 0 Å². The van der Waals surface area contributed by atoms with Crippen LogP contribution in [-0.2, 0) is 116 Å². The highest BCUT2D eigenvalue weighted by Crippen LogP contribution is 2.42. The Morgan fingerprint density at radius 3 is 1.29 bits per heavy atom. The standard InChI is InChI=1S/C12H22O32S7/c13-6-9(43-50(29,30)31)7(41-48(23,24)25)4(1-35-45(14,15)16)38-11(6)40-12(3-37-47(20,21)22)10(44-51(32,33)34)8(42-49(26,27)28)5(39-12)2-36-46(17,18)19/h4-11,13H,1-3H2,(H,14,15,16)(H,17,18,19)(H,20,21,22)(H,23,24,25)(H,26,27,28)(H,29,30,31)(H,32,33,34)/t4-,5-,6-,7-,8-,9-,10+,11-,12+/m1/s1. The number of aliphatic hydroxyl groups is 1. The molecule has 0 amide bonds. The lowest BCUT2D eigenvalue weighted by atomic mass is 9.99. The molecule has 0 aromatic rings. The predicted octanol–water partition coefficient (Wildman–Crippen LogP) is -6.61. The Labute approximate surface area is 286 Å². The molecule has 2 aliphatic heterocycles. The molecule has 0 bridgehead atoms. The van der Waals surface area contributed by atoms with Crippen molar-refractivity contribution >= 4 is 72.8 Å². The Morgan fingerprint density at radius 2 is 0.882 bits per heavy atom. The van der Waals surface area contributed by atoms with Gasteiger partial charge in [0.05, 0.1) is 13.2 Å². The lowest BCUT2D eigenvalue weighted by molar-refractivity contribution is -0.377. The van der Waals surface area contributed by atoms with E-state index in [1.807, 2.05) is 0 Å². The Hall–Kier alpha value is -1.07. The molecule has 0 aliphatic carbocycles. The topological polar surface area (TPSA) is 493 Å². The Kier molecular flexibility index (Phi) is 14.4. The van der Waals surface area contributed by atoms with Crippen LogP contribution < -0.4 is 0 Å². The second kappa shape index (κ2) is 16.0. The summed E-state index contributed by atoms with van der Waals surface area (Å²) < 4.78 is 268. The van der Waals surface area contributed by atoms with E-state index in [0.717, 1.165) is 0 Å². The molecule has 0 aromatic carbocycles. The van der Waals surface area contributed by atoms with Gasteiger partial charge in [0.15, 0.2) is 12.4 Å². The van der Waals surface area contributed by atoms with Crippen LogP contribution in [0, 0.1) is 0 Å². The first-order chi connectivity index (χ1) is 22.5. The summed E-state index contributed by atoms with van der Waals surface area (Å²) in [5.74, 6) is -3.90. The number of hydrogen-bond acceptors (Lipinski definition) is 25. The van der Waals surface area contributed by atoms with Gasteiger partial charge in [-0.2, -0.15) is 58.9 Å². The Morgan fingerprint density at radius 1 is 0.490 bits per heavy atom. The van der Waals surface area contributed by atoms with E-state index in [0.29, 0.717) is 0 Å². The first kappa shape index (κ1) is 46.1. The summed E-state index contributed by atoms with van der Waals surface area (Å²) in [6.07, 6.45) is -24.1. The van der Waals surface area contributed by atoms with E-state index in [9.17, 15) is 77.7 Å². The highest BCUT2D eigenvalue weighted by Gasteiger charge is 2.64. The van der Waals surface area contributed by atoms with Gasteiger partial charge in [-0.3, -0.25) is 31.9 Å². The minimum Gasteiger partial charge on any atom is -0.385 e. The molecule has 2 saturated heterocycles. The zero-order valence-corrected chi connectivity index (χ0v) is 29.2. The summed E-state index contributed by atoms with van der Waals surface area (Å²) >= 11 is 0. The van der Waals surface area contributed by atoms with Crippen molar-refractivity contribution in [1.29, 1.82) is 0 Å². The van der Waals surface area contributed by atoms with E-state index in [-0.39, 0.29) is 0 Å². The first-order valence-corrected chi connectivity index (χ1v) is 21.2. The maximum absolute atomic E-state index is 11.8. The van der Waals surface area contributed by atoms with Crippen LogP contribution in [0.1, 0.15) is 0 Å². The van der Waals surface area contributed by atoms with Crippen molar-refractivity contribution < 1.29 is 139 Å². The van der Waals surface area contributed by atoms with Crippen molar-refractivity contribution in [2.75, 3.05) is 19.8 Å². The van der Waals surface area contributed by atoms with E-state index < -0.39 is 147 Å². The van der Waals surface area contributed by atoms with Crippen LogP contribution in [-0.4, -0.2) is 171 Å². The molecule has 0 radical (unpaired) electrons. The number of hydrogen-bond donors (Lipinski definition) is 8. The monoisotopic (exact) mass is 902 g/mol. The molecule has 8 N–H and O–H groups in total. The molecule has 0 saturated carbocycles. The molecule has 2 aliphatic rings. The number of rotatable bonds is 19. The van der Waals surface area contributed by atoms with Crippen molar-refractivity contribution in [1.82, 2.24) is 0 Å². The van der Waals surface area contributed by atoms with E-state index in [4.69, 9.17) is 32.4 Å². The van der Waals surface area contributed by atoms with Gasteiger partial charge in [-0.25, -0.2) is 29.3 Å². The third-order valence-electron chi connectivity index (χ3n) is 5.47. The van der Waals surface area contributed by atoms with Gasteiger partial charge in [0, 0.05) is 0 Å². The van der Waals surface area contributed by atoms with Gasteiger partial charge < -0.3 is 19.3 Å². The Bertz CT molecular complexity index is 2020. The fraction of sp³-hybridized carbons (Fsp3) is 1.00. The average Bonchev–Trinajstić information content (AvgIpc) is 3.11. The van der Waals surface area contributed by atoms with Crippen LogP contribution in [0.25, 0.3) is 0 Å². The molecule has 39 heteroatoms. The number of aliphatic hydroxyl groups excluding tert-OH is 1. The second-order valence-electron chi connectivity index (χ2n) is 9.14. The average molecular weight is 903 g/mol. The summed E-state index contributed by atoms with van der Waals surface area (Å²) in [6.45, 7) is -5.82. The van der Waals surface area contributed by atoms with E-state index in [1.54, 1.807) is 0 Å². The summed E-state index contributed by atoms with van der Waals surface area (Å²) in [5.41, 5.74) is 0. The first-order valence-electron chi connectivity index (χ1n) is 11.7. The third-order valence-corrected chi connectivity index (χ3v) is 8.60. The summed E-state index contributed by atoms with van der Waals surface area (Å²) in [6, 6.07) is 0. The molecule has 304 valence electrons. The van der Waals surface area contributed by atoms with Crippen LogP contribution in [0.4, 0.5) is 0 Å². The molecule has 2 fully saturated rings. The minimum atomic E-state index is -6.10. The van der Waals surface area contributed by atoms with Crippen LogP contribution >= 0.6 is 0 Å². The molecule has 2 rings (SSSR count). The molecule has 51 heavy (non-hydrogen) atoms. The highest BCUT2D eigenvalue weighted by atomic mass is 32.3. The van der Waals surface area contributed by atoms with Gasteiger partial charge >= 0.3 is 72.8 Å². The fourth-order valence-corrected chi connectivity index (χ4v) is 6.98. The highest BCUT2D eigenvalue weighted by molar-refractivity contribution is 7.82. The van der Waals surface area contributed by atoms with Crippen molar-refractivity contribution in [3.8, 4) is 0 Å². The molecule has 2 heterocycles. The minimum absolute atomic E-state index is 1.81. The largest absolute Gasteiger partial charge is 0.397 e. The molecule has 0 aromatic heterocycles.